The fourth-order valence-electron chi connectivity index (χ4n) is 5.20. The third-order valence-corrected chi connectivity index (χ3v) is 7.23. The highest BCUT2D eigenvalue weighted by Crippen LogP contribution is 2.44. The van der Waals surface area contributed by atoms with Crippen LogP contribution in [0.2, 0.25) is 5.02 Å². The lowest BCUT2D eigenvalue weighted by Gasteiger charge is -2.43. The number of aliphatic hydroxyl groups is 1. The van der Waals surface area contributed by atoms with Crippen molar-refractivity contribution in [1.82, 2.24) is 4.98 Å². The van der Waals surface area contributed by atoms with Gasteiger partial charge in [-0.15, -0.1) is 0 Å². The van der Waals surface area contributed by atoms with Crippen molar-refractivity contribution in [3.05, 3.63) is 107 Å². The van der Waals surface area contributed by atoms with Crippen LogP contribution < -0.4 is 4.90 Å². The van der Waals surface area contributed by atoms with Crippen LogP contribution in [0.25, 0.3) is 10.9 Å². The van der Waals surface area contributed by atoms with E-state index in [4.69, 9.17) is 11.6 Å². The van der Waals surface area contributed by atoms with E-state index in [0.29, 0.717) is 42.0 Å². The molecule has 0 atom stereocenters. The number of benzene rings is 3. The van der Waals surface area contributed by atoms with Crippen LogP contribution in [0.5, 0.6) is 0 Å². The van der Waals surface area contributed by atoms with Gasteiger partial charge in [0.15, 0.2) is 0 Å². The number of pyridine rings is 1. The lowest BCUT2D eigenvalue weighted by atomic mass is 9.72. The summed E-state index contributed by atoms with van der Waals surface area (Å²) < 4.78 is 39.6. The van der Waals surface area contributed by atoms with Crippen LogP contribution in [0, 0.1) is 5.92 Å². The Labute approximate surface area is 206 Å². The Morgan fingerprint density at radius 1 is 0.829 bits per heavy atom. The molecule has 0 bridgehead atoms. The smallest absolute Gasteiger partial charge is 0.380 e. The normalized spacial score (nSPS) is 15.5. The fourth-order valence-corrected chi connectivity index (χ4v) is 5.47. The van der Waals surface area contributed by atoms with E-state index < -0.39 is 17.3 Å². The van der Waals surface area contributed by atoms with Crippen molar-refractivity contribution < 1.29 is 18.3 Å². The van der Waals surface area contributed by atoms with Gasteiger partial charge in [-0.05, 0) is 42.0 Å². The minimum Gasteiger partial charge on any atom is -0.380 e. The Morgan fingerprint density at radius 3 is 1.94 bits per heavy atom. The highest BCUT2D eigenvalue weighted by atomic mass is 35.5. The summed E-state index contributed by atoms with van der Waals surface area (Å²) in [5.74, 6) is -0.0488. The lowest BCUT2D eigenvalue weighted by molar-refractivity contribution is -0.137. The van der Waals surface area contributed by atoms with E-state index in [-0.39, 0.29) is 11.4 Å². The molecule has 4 aromatic rings. The monoisotopic (exact) mass is 496 g/mol. The quantitative estimate of drug-likeness (QED) is 0.328. The van der Waals surface area contributed by atoms with E-state index in [9.17, 15) is 18.3 Å². The number of nitrogens with zero attached hydrogens (tertiary/aromatic N) is 2. The molecule has 1 fully saturated rings. The van der Waals surface area contributed by atoms with E-state index >= 15 is 0 Å². The molecule has 5 rings (SSSR count). The van der Waals surface area contributed by atoms with Gasteiger partial charge >= 0.3 is 6.18 Å². The molecule has 0 amide bonds. The SMILES string of the molecule is OC(c1ccccc1)(c1ccccc1)C1CCN(c2c(Cl)cnc3cc(C(F)(F)F)ccc23)CC1. The molecular weight excluding hydrogens is 473 g/mol. The maximum atomic E-state index is 13.2. The second-order valence-electron chi connectivity index (χ2n) is 8.94. The summed E-state index contributed by atoms with van der Waals surface area (Å²) in [7, 11) is 0. The fraction of sp³-hybridized carbons (Fsp3) is 0.250. The van der Waals surface area contributed by atoms with Gasteiger partial charge in [-0.1, -0.05) is 78.3 Å². The standard InChI is InChI=1S/C28H24ClF3N2O/c29-24-18-33-25-17-22(28(30,31)32)11-12-23(25)26(24)34-15-13-21(14-16-34)27(35,19-7-3-1-4-8-19)20-9-5-2-6-10-20/h1-12,17-18,21,35H,13-16H2. The number of fused-ring (bicyclic) bond motifs is 1. The molecule has 1 saturated heterocycles. The number of halogens is 4. The summed E-state index contributed by atoms with van der Waals surface area (Å²) in [5.41, 5.74) is 0.743. The van der Waals surface area contributed by atoms with Gasteiger partial charge in [0.1, 0.15) is 5.60 Å². The molecule has 0 aliphatic carbocycles. The average Bonchev–Trinajstić information content (AvgIpc) is 2.88. The van der Waals surface area contributed by atoms with Gasteiger partial charge in [-0.3, -0.25) is 4.98 Å². The first-order valence-corrected chi connectivity index (χ1v) is 11.9. The third kappa shape index (κ3) is 4.37. The molecule has 0 radical (unpaired) electrons. The number of aromatic nitrogens is 1. The van der Waals surface area contributed by atoms with Crippen molar-refractivity contribution in [3.8, 4) is 0 Å². The van der Waals surface area contributed by atoms with E-state index in [0.717, 1.165) is 23.3 Å². The highest BCUT2D eigenvalue weighted by Gasteiger charge is 2.42. The summed E-state index contributed by atoms with van der Waals surface area (Å²) in [6, 6.07) is 22.9. The number of alkyl halides is 3. The van der Waals surface area contributed by atoms with Crippen LogP contribution >= 0.6 is 11.6 Å². The maximum absolute atomic E-state index is 13.2. The van der Waals surface area contributed by atoms with Crippen LogP contribution in [0.3, 0.4) is 0 Å². The van der Waals surface area contributed by atoms with Crippen molar-refractivity contribution in [3.63, 3.8) is 0 Å². The second-order valence-corrected chi connectivity index (χ2v) is 9.35. The van der Waals surface area contributed by atoms with Gasteiger partial charge in [0.2, 0.25) is 0 Å². The number of piperidine rings is 1. The Kier molecular flexibility index (Phi) is 6.20. The first-order chi connectivity index (χ1) is 16.8. The minimum absolute atomic E-state index is 0.0488. The van der Waals surface area contributed by atoms with Crippen molar-refractivity contribution in [2.24, 2.45) is 5.92 Å². The summed E-state index contributed by atoms with van der Waals surface area (Å²) in [6.45, 7) is 1.21. The predicted octanol–water partition coefficient (Wildman–Crippen LogP) is 7.06. The highest BCUT2D eigenvalue weighted by molar-refractivity contribution is 6.34. The molecule has 35 heavy (non-hydrogen) atoms. The number of anilines is 1. The average molecular weight is 497 g/mol. The summed E-state index contributed by atoms with van der Waals surface area (Å²) in [4.78, 5) is 6.24. The van der Waals surface area contributed by atoms with E-state index in [2.05, 4.69) is 9.88 Å². The van der Waals surface area contributed by atoms with Crippen LogP contribution in [0.15, 0.2) is 85.1 Å². The molecule has 7 heteroatoms. The first kappa shape index (κ1) is 23.6. The zero-order chi connectivity index (χ0) is 24.6. The molecular formula is C28H24ClF3N2O. The molecule has 0 saturated carbocycles. The Hall–Kier alpha value is -3.09. The topological polar surface area (TPSA) is 36.4 Å². The number of hydrogen-bond donors (Lipinski definition) is 1. The van der Waals surface area contributed by atoms with Gasteiger partial charge in [0, 0.05) is 24.7 Å². The van der Waals surface area contributed by atoms with Gasteiger partial charge in [-0.25, -0.2) is 0 Å². The molecule has 1 N–H and O–H groups in total. The van der Waals surface area contributed by atoms with Crippen LogP contribution in [-0.4, -0.2) is 23.2 Å². The van der Waals surface area contributed by atoms with E-state index in [1.807, 2.05) is 60.7 Å². The molecule has 1 aromatic heterocycles. The molecule has 3 nitrogen and oxygen atoms in total. The lowest BCUT2D eigenvalue weighted by Crippen LogP contribution is -2.44. The minimum atomic E-state index is -4.44. The first-order valence-electron chi connectivity index (χ1n) is 11.5. The van der Waals surface area contributed by atoms with Crippen LogP contribution in [0.4, 0.5) is 18.9 Å². The Bertz CT molecular complexity index is 1280. The molecule has 1 aliphatic heterocycles. The summed E-state index contributed by atoms with van der Waals surface area (Å²) in [5, 5.41) is 13.1. The molecule has 0 unspecified atom stereocenters. The summed E-state index contributed by atoms with van der Waals surface area (Å²) in [6.07, 6.45) is -1.66. The van der Waals surface area contributed by atoms with Gasteiger partial charge in [0.25, 0.3) is 0 Å². The van der Waals surface area contributed by atoms with Crippen LogP contribution in [0.1, 0.15) is 29.5 Å². The van der Waals surface area contributed by atoms with E-state index in [1.165, 1.54) is 12.3 Å². The Morgan fingerprint density at radius 2 is 1.40 bits per heavy atom. The molecule has 3 aromatic carbocycles. The van der Waals surface area contributed by atoms with E-state index in [1.54, 1.807) is 0 Å². The molecule has 0 spiro atoms. The van der Waals surface area contributed by atoms with Gasteiger partial charge in [0.05, 0.1) is 21.8 Å². The largest absolute Gasteiger partial charge is 0.416 e. The summed E-state index contributed by atoms with van der Waals surface area (Å²) >= 11 is 6.51. The molecule has 180 valence electrons. The van der Waals surface area contributed by atoms with Gasteiger partial charge in [-0.2, -0.15) is 13.2 Å². The van der Waals surface area contributed by atoms with Crippen molar-refractivity contribution in [2.75, 3.05) is 18.0 Å². The number of hydrogen-bond acceptors (Lipinski definition) is 3. The van der Waals surface area contributed by atoms with Crippen molar-refractivity contribution in [2.45, 2.75) is 24.6 Å². The van der Waals surface area contributed by atoms with Gasteiger partial charge < -0.3 is 10.0 Å². The van der Waals surface area contributed by atoms with Crippen LogP contribution in [-0.2, 0) is 11.8 Å². The Balaban J connectivity index is 1.46. The number of rotatable bonds is 4. The zero-order valence-corrected chi connectivity index (χ0v) is 19.6. The predicted molar refractivity (Wildman–Crippen MR) is 133 cm³/mol. The molecule has 1 aliphatic rings. The van der Waals surface area contributed by atoms with Crippen molar-refractivity contribution >= 4 is 28.2 Å². The third-order valence-electron chi connectivity index (χ3n) is 6.95. The maximum Gasteiger partial charge on any atom is 0.416 e. The molecule has 2 heterocycles. The zero-order valence-electron chi connectivity index (χ0n) is 18.8. The second kappa shape index (κ2) is 9.17. The van der Waals surface area contributed by atoms with Crippen molar-refractivity contribution in [1.29, 1.82) is 0 Å².